The minimum Gasteiger partial charge on any atom is -0.435 e. The molecule has 0 saturated carbocycles. The number of carbonyl (C=O) groups is 2. The van der Waals surface area contributed by atoms with Crippen molar-refractivity contribution in [2.45, 2.75) is 13.5 Å². The summed E-state index contributed by atoms with van der Waals surface area (Å²) in [4.78, 5) is 23.4. The van der Waals surface area contributed by atoms with Crippen LogP contribution in [0.5, 0.6) is 5.75 Å². The average molecular weight is 334 g/mol. The van der Waals surface area contributed by atoms with Gasteiger partial charge < -0.3 is 15.4 Å². The van der Waals surface area contributed by atoms with Crippen LogP contribution in [0.3, 0.4) is 0 Å². The number of alkyl halides is 2. The standard InChI is InChI=1S/C17H16F2N2O3/c1-11(22)14-4-2-3-5-15(14)20-10-16(23)21-12-6-8-13(9-7-12)24-17(18)19/h2-9,17,20H,10H2,1H3,(H,21,23). The molecule has 0 aromatic heterocycles. The number of rotatable bonds is 7. The van der Waals surface area contributed by atoms with Crippen molar-refractivity contribution < 1.29 is 23.1 Å². The van der Waals surface area contributed by atoms with E-state index in [0.29, 0.717) is 16.9 Å². The van der Waals surface area contributed by atoms with E-state index in [1.165, 1.54) is 31.2 Å². The molecule has 2 aromatic carbocycles. The van der Waals surface area contributed by atoms with Crippen molar-refractivity contribution in [2.24, 2.45) is 0 Å². The Labute approximate surface area is 137 Å². The molecule has 0 bridgehead atoms. The van der Waals surface area contributed by atoms with Crippen molar-refractivity contribution in [1.82, 2.24) is 0 Å². The lowest BCUT2D eigenvalue weighted by Gasteiger charge is -2.11. The molecule has 0 spiro atoms. The van der Waals surface area contributed by atoms with Gasteiger partial charge in [-0.3, -0.25) is 9.59 Å². The molecule has 2 rings (SSSR count). The number of benzene rings is 2. The third-order valence-corrected chi connectivity index (χ3v) is 3.11. The molecule has 0 unspecified atom stereocenters. The third-order valence-electron chi connectivity index (χ3n) is 3.11. The Morgan fingerprint density at radius 1 is 1.08 bits per heavy atom. The van der Waals surface area contributed by atoms with E-state index in [1.54, 1.807) is 24.3 Å². The van der Waals surface area contributed by atoms with Crippen LogP contribution in [0.25, 0.3) is 0 Å². The van der Waals surface area contributed by atoms with E-state index in [1.807, 2.05) is 0 Å². The summed E-state index contributed by atoms with van der Waals surface area (Å²) in [5.74, 6) is -0.430. The Morgan fingerprint density at radius 2 is 1.75 bits per heavy atom. The zero-order valence-electron chi connectivity index (χ0n) is 12.9. The van der Waals surface area contributed by atoms with Gasteiger partial charge in [0.1, 0.15) is 5.75 Å². The number of Topliss-reactive ketones (excluding diaryl/α,β-unsaturated/α-hetero) is 1. The minimum atomic E-state index is -2.89. The van der Waals surface area contributed by atoms with Crippen LogP contribution in [-0.2, 0) is 4.79 Å². The zero-order chi connectivity index (χ0) is 17.5. The lowest BCUT2D eigenvalue weighted by atomic mass is 10.1. The first kappa shape index (κ1) is 17.4. The second kappa shape index (κ2) is 8.05. The molecule has 0 radical (unpaired) electrons. The van der Waals surface area contributed by atoms with E-state index in [2.05, 4.69) is 15.4 Å². The van der Waals surface area contributed by atoms with Crippen LogP contribution in [-0.4, -0.2) is 24.8 Å². The van der Waals surface area contributed by atoms with Gasteiger partial charge in [0.05, 0.1) is 6.54 Å². The lowest BCUT2D eigenvalue weighted by Crippen LogP contribution is -2.22. The van der Waals surface area contributed by atoms with Crippen molar-refractivity contribution >= 4 is 23.1 Å². The van der Waals surface area contributed by atoms with Crippen molar-refractivity contribution in [3.8, 4) is 5.75 Å². The number of ketones is 1. The maximum Gasteiger partial charge on any atom is 0.387 e. The summed E-state index contributed by atoms with van der Waals surface area (Å²) in [5.41, 5.74) is 1.52. The Bertz CT molecular complexity index is 718. The molecule has 0 aliphatic rings. The maximum absolute atomic E-state index is 12.1. The van der Waals surface area contributed by atoms with Gasteiger partial charge in [-0.2, -0.15) is 8.78 Å². The van der Waals surface area contributed by atoms with Crippen LogP contribution < -0.4 is 15.4 Å². The molecule has 24 heavy (non-hydrogen) atoms. The summed E-state index contributed by atoms with van der Waals surface area (Å²) in [6.45, 7) is -1.49. The number of anilines is 2. The fourth-order valence-corrected chi connectivity index (χ4v) is 2.04. The van der Waals surface area contributed by atoms with Gasteiger partial charge in [-0.15, -0.1) is 0 Å². The highest BCUT2D eigenvalue weighted by Crippen LogP contribution is 2.18. The summed E-state index contributed by atoms with van der Waals surface area (Å²) in [7, 11) is 0. The summed E-state index contributed by atoms with van der Waals surface area (Å²) < 4.78 is 28.3. The van der Waals surface area contributed by atoms with E-state index >= 15 is 0 Å². The number of hydrogen-bond donors (Lipinski definition) is 2. The molecule has 5 nitrogen and oxygen atoms in total. The van der Waals surface area contributed by atoms with Gasteiger partial charge in [-0.25, -0.2) is 0 Å². The van der Waals surface area contributed by atoms with Crippen LogP contribution in [0.1, 0.15) is 17.3 Å². The number of nitrogens with one attached hydrogen (secondary N) is 2. The van der Waals surface area contributed by atoms with E-state index in [4.69, 9.17) is 0 Å². The second-order valence-electron chi connectivity index (χ2n) is 4.91. The molecular formula is C17H16F2N2O3. The van der Waals surface area contributed by atoms with Crippen molar-refractivity contribution in [2.75, 3.05) is 17.2 Å². The summed E-state index contributed by atoms with van der Waals surface area (Å²) in [5, 5.41) is 5.51. The minimum absolute atomic E-state index is 0.0107. The van der Waals surface area contributed by atoms with E-state index in [0.717, 1.165) is 0 Å². The topological polar surface area (TPSA) is 67.4 Å². The van der Waals surface area contributed by atoms with Crippen molar-refractivity contribution in [1.29, 1.82) is 0 Å². The summed E-state index contributed by atoms with van der Waals surface area (Å²) in [6.07, 6.45) is 0. The molecule has 7 heteroatoms. The predicted molar refractivity (Wildman–Crippen MR) is 86.6 cm³/mol. The van der Waals surface area contributed by atoms with E-state index in [9.17, 15) is 18.4 Å². The largest absolute Gasteiger partial charge is 0.435 e. The van der Waals surface area contributed by atoms with Crippen LogP contribution >= 0.6 is 0 Å². The number of hydrogen-bond acceptors (Lipinski definition) is 4. The SMILES string of the molecule is CC(=O)c1ccccc1NCC(=O)Nc1ccc(OC(F)F)cc1. The van der Waals surface area contributed by atoms with Crippen LogP contribution in [0, 0.1) is 0 Å². The molecule has 2 N–H and O–H groups in total. The highest BCUT2D eigenvalue weighted by Gasteiger charge is 2.08. The fraction of sp³-hybridized carbons (Fsp3) is 0.176. The zero-order valence-corrected chi connectivity index (χ0v) is 12.9. The van der Waals surface area contributed by atoms with Crippen LogP contribution in [0.15, 0.2) is 48.5 Å². The quantitative estimate of drug-likeness (QED) is 0.760. The predicted octanol–water partition coefficient (Wildman–Crippen LogP) is 3.54. The summed E-state index contributed by atoms with van der Waals surface area (Å²) in [6, 6.07) is 12.5. The molecule has 1 amide bonds. The molecule has 0 aliphatic heterocycles. The highest BCUT2D eigenvalue weighted by atomic mass is 19.3. The number of ether oxygens (including phenoxy) is 1. The number of halogens is 2. The van der Waals surface area contributed by atoms with E-state index in [-0.39, 0.29) is 24.0 Å². The summed E-state index contributed by atoms with van der Waals surface area (Å²) >= 11 is 0. The number of para-hydroxylation sites is 1. The van der Waals surface area contributed by atoms with Gasteiger partial charge in [0.25, 0.3) is 0 Å². The Kier molecular flexibility index (Phi) is 5.83. The average Bonchev–Trinajstić information content (AvgIpc) is 2.54. The van der Waals surface area contributed by atoms with Gasteiger partial charge in [0.15, 0.2) is 5.78 Å². The normalized spacial score (nSPS) is 10.3. The van der Waals surface area contributed by atoms with Gasteiger partial charge in [0.2, 0.25) is 5.91 Å². The smallest absolute Gasteiger partial charge is 0.387 e. The van der Waals surface area contributed by atoms with Crippen LogP contribution in [0.2, 0.25) is 0 Å². The third kappa shape index (κ3) is 5.05. The molecule has 126 valence electrons. The first-order valence-corrected chi connectivity index (χ1v) is 7.14. The van der Waals surface area contributed by atoms with Crippen molar-refractivity contribution in [3.63, 3.8) is 0 Å². The monoisotopic (exact) mass is 334 g/mol. The van der Waals surface area contributed by atoms with Gasteiger partial charge in [0, 0.05) is 16.9 Å². The maximum atomic E-state index is 12.1. The fourth-order valence-electron chi connectivity index (χ4n) is 2.04. The molecule has 0 atom stereocenters. The molecule has 0 fully saturated rings. The molecule has 0 aliphatic carbocycles. The number of carbonyl (C=O) groups excluding carboxylic acids is 2. The van der Waals surface area contributed by atoms with Gasteiger partial charge in [-0.1, -0.05) is 12.1 Å². The van der Waals surface area contributed by atoms with Crippen molar-refractivity contribution in [3.05, 3.63) is 54.1 Å². The Hall–Kier alpha value is -2.96. The van der Waals surface area contributed by atoms with E-state index < -0.39 is 6.61 Å². The number of amides is 1. The molecule has 0 heterocycles. The molecule has 2 aromatic rings. The lowest BCUT2D eigenvalue weighted by molar-refractivity contribution is -0.114. The van der Waals surface area contributed by atoms with Gasteiger partial charge >= 0.3 is 6.61 Å². The molecular weight excluding hydrogens is 318 g/mol. The first-order valence-electron chi connectivity index (χ1n) is 7.14. The molecule has 0 saturated heterocycles. The first-order chi connectivity index (χ1) is 11.5. The second-order valence-corrected chi connectivity index (χ2v) is 4.91. The Morgan fingerprint density at radius 3 is 2.38 bits per heavy atom. The Balaban J connectivity index is 1.91. The van der Waals surface area contributed by atoms with Gasteiger partial charge in [-0.05, 0) is 43.3 Å². The van der Waals surface area contributed by atoms with Crippen LogP contribution in [0.4, 0.5) is 20.2 Å². The highest BCUT2D eigenvalue weighted by molar-refractivity contribution is 6.00.